The summed E-state index contributed by atoms with van der Waals surface area (Å²) >= 11 is 0. The lowest BCUT2D eigenvalue weighted by atomic mass is 9.78. The summed E-state index contributed by atoms with van der Waals surface area (Å²) in [4.78, 5) is 37.5. The molecule has 1 saturated heterocycles. The molecule has 1 aromatic rings. The summed E-state index contributed by atoms with van der Waals surface area (Å²) in [6.07, 6.45) is -1.50. The van der Waals surface area contributed by atoms with Crippen LogP contribution in [0.15, 0.2) is 24.3 Å². The molecule has 23 heavy (non-hydrogen) atoms. The predicted molar refractivity (Wildman–Crippen MR) is 76.5 cm³/mol. The van der Waals surface area contributed by atoms with Gasteiger partial charge in [0.25, 0.3) is 0 Å². The van der Waals surface area contributed by atoms with E-state index in [0.717, 1.165) is 4.90 Å². The van der Waals surface area contributed by atoms with Crippen molar-refractivity contribution in [3.8, 4) is 0 Å². The van der Waals surface area contributed by atoms with Crippen molar-refractivity contribution >= 4 is 23.5 Å². The molecule has 1 aromatic carbocycles. The van der Waals surface area contributed by atoms with E-state index < -0.39 is 53.7 Å². The van der Waals surface area contributed by atoms with Gasteiger partial charge in [-0.25, -0.2) is 4.79 Å². The summed E-state index contributed by atoms with van der Waals surface area (Å²) in [5.41, 5.74) is 0.209. The number of carboxylic acids is 1. The maximum Gasteiger partial charge on any atom is 0.335 e. The van der Waals surface area contributed by atoms with Crippen LogP contribution < -0.4 is 4.90 Å². The van der Waals surface area contributed by atoms with Gasteiger partial charge in [-0.15, -0.1) is 0 Å². The van der Waals surface area contributed by atoms with Crippen LogP contribution in [0.5, 0.6) is 0 Å². The first-order valence-corrected chi connectivity index (χ1v) is 7.49. The molecule has 6 atom stereocenters. The Kier molecular flexibility index (Phi) is 2.88. The molecule has 2 saturated carbocycles. The van der Waals surface area contributed by atoms with Crippen LogP contribution in [0.25, 0.3) is 0 Å². The molecular weight excluding hydrogens is 302 g/mol. The number of carbonyl (C=O) groups excluding carboxylic acids is 2. The van der Waals surface area contributed by atoms with Crippen LogP contribution in [0.2, 0.25) is 0 Å². The highest BCUT2D eigenvalue weighted by atomic mass is 16.4. The number of nitrogens with zero attached hydrogens (tertiary/aromatic N) is 1. The zero-order chi connectivity index (χ0) is 16.5. The highest BCUT2D eigenvalue weighted by Gasteiger charge is 2.67. The lowest BCUT2D eigenvalue weighted by Gasteiger charge is -2.29. The van der Waals surface area contributed by atoms with E-state index in [2.05, 4.69) is 0 Å². The van der Waals surface area contributed by atoms with E-state index in [1.807, 2.05) is 0 Å². The van der Waals surface area contributed by atoms with Gasteiger partial charge in [-0.1, -0.05) is 6.07 Å². The summed E-state index contributed by atoms with van der Waals surface area (Å²) in [5.74, 6) is -4.05. The molecule has 0 radical (unpaired) electrons. The minimum Gasteiger partial charge on any atom is -0.478 e. The molecule has 120 valence electrons. The average molecular weight is 317 g/mol. The van der Waals surface area contributed by atoms with Gasteiger partial charge in [-0.2, -0.15) is 0 Å². The van der Waals surface area contributed by atoms with Crippen LogP contribution in [-0.2, 0) is 9.59 Å². The summed E-state index contributed by atoms with van der Waals surface area (Å²) in [7, 11) is 0. The predicted octanol–water partition coefficient (Wildman–Crippen LogP) is -0.138. The summed E-state index contributed by atoms with van der Waals surface area (Å²) in [5, 5.41) is 29.1. The third-order valence-corrected chi connectivity index (χ3v) is 5.44. The van der Waals surface area contributed by atoms with E-state index in [0.29, 0.717) is 6.42 Å². The molecule has 7 nitrogen and oxygen atoms in total. The van der Waals surface area contributed by atoms with Gasteiger partial charge >= 0.3 is 5.97 Å². The van der Waals surface area contributed by atoms with E-state index in [9.17, 15) is 24.6 Å². The van der Waals surface area contributed by atoms with Crippen LogP contribution in [0.3, 0.4) is 0 Å². The molecule has 4 rings (SSSR count). The molecule has 3 fully saturated rings. The Morgan fingerprint density at radius 3 is 2.13 bits per heavy atom. The number of rotatable bonds is 2. The Morgan fingerprint density at radius 1 is 1.04 bits per heavy atom. The molecule has 0 aromatic heterocycles. The average Bonchev–Trinajstić information content (AvgIpc) is 3.12. The molecule has 3 N–H and O–H groups in total. The van der Waals surface area contributed by atoms with Crippen LogP contribution in [0.1, 0.15) is 16.8 Å². The lowest BCUT2D eigenvalue weighted by molar-refractivity contribution is -0.129. The summed E-state index contributed by atoms with van der Waals surface area (Å²) in [6.45, 7) is 0. The number of aromatic carboxylic acids is 1. The molecule has 7 heteroatoms. The number of aliphatic hydroxyl groups excluding tert-OH is 2. The van der Waals surface area contributed by atoms with Crippen LogP contribution >= 0.6 is 0 Å². The molecule has 2 amide bonds. The van der Waals surface area contributed by atoms with Crippen LogP contribution in [-0.4, -0.2) is 45.3 Å². The van der Waals surface area contributed by atoms with Gasteiger partial charge in [0.15, 0.2) is 0 Å². The van der Waals surface area contributed by atoms with Crippen LogP contribution in [0.4, 0.5) is 5.69 Å². The molecule has 2 bridgehead atoms. The van der Waals surface area contributed by atoms with Crippen molar-refractivity contribution in [2.24, 2.45) is 23.7 Å². The van der Waals surface area contributed by atoms with Gasteiger partial charge in [0.1, 0.15) is 0 Å². The molecule has 3 aliphatic rings. The highest BCUT2D eigenvalue weighted by molar-refractivity contribution is 6.22. The second kappa shape index (κ2) is 4.62. The van der Waals surface area contributed by atoms with Crippen molar-refractivity contribution in [2.45, 2.75) is 18.6 Å². The molecule has 1 heterocycles. The van der Waals surface area contributed by atoms with Gasteiger partial charge < -0.3 is 15.3 Å². The molecule has 1 aliphatic heterocycles. The van der Waals surface area contributed by atoms with Crippen molar-refractivity contribution in [3.63, 3.8) is 0 Å². The van der Waals surface area contributed by atoms with Gasteiger partial charge in [0, 0.05) is 11.8 Å². The molecule has 0 unspecified atom stereocenters. The second-order valence-corrected chi connectivity index (χ2v) is 6.46. The zero-order valence-electron chi connectivity index (χ0n) is 12.0. The number of amides is 2. The fourth-order valence-corrected chi connectivity index (χ4v) is 4.46. The topological polar surface area (TPSA) is 115 Å². The van der Waals surface area contributed by atoms with Crippen LogP contribution in [0, 0.1) is 23.7 Å². The maximum absolute atomic E-state index is 12.7. The first-order valence-electron chi connectivity index (χ1n) is 7.49. The number of fused-ring (bicyclic) bond motifs is 5. The maximum atomic E-state index is 12.7. The van der Waals surface area contributed by atoms with Crippen molar-refractivity contribution < 1.29 is 29.7 Å². The van der Waals surface area contributed by atoms with Crippen molar-refractivity contribution in [3.05, 3.63) is 29.8 Å². The van der Waals surface area contributed by atoms with E-state index >= 15 is 0 Å². The number of anilines is 1. The fraction of sp³-hybridized carbons (Fsp3) is 0.438. The van der Waals surface area contributed by atoms with Crippen molar-refractivity contribution in [1.82, 2.24) is 0 Å². The fourth-order valence-electron chi connectivity index (χ4n) is 4.46. The third-order valence-electron chi connectivity index (χ3n) is 5.44. The SMILES string of the molecule is O=C(O)c1cccc(N2C(=O)[C@@H]3[C@H]4C[C@H]([C@H](O)[C@H]4O)[C@@H]3C2=O)c1. The first-order chi connectivity index (χ1) is 10.9. The Bertz CT molecular complexity index is 699. The van der Waals surface area contributed by atoms with Gasteiger partial charge in [-0.05, 0) is 24.6 Å². The minimum absolute atomic E-state index is 0.0109. The normalized spacial score (nSPS) is 38.3. The van der Waals surface area contributed by atoms with Gasteiger partial charge in [-0.3, -0.25) is 14.5 Å². The number of aliphatic hydroxyl groups is 2. The highest BCUT2D eigenvalue weighted by Crippen LogP contribution is 2.56. The Hall–Kier alpha value is -2.25. The van der Waals surface area contributed by atoms with Crippen molar-refractivity contribution in [2.75, 3.05) is 4.90 Å². The number of carboxylic acid groups (broad SMARTS) is 1. The smallest absolute Gasteiger partial charge is 0.335 e. The molecule has 0 spiro atoms. The molecule has 2 aliphatic carbocycles. The number of hydrogen-bond acceptors (Lipinski definition) is 5. The molecular formula is C16H15NO6. The third kappa shape index (κ3) is 1.74. The van der Waals surface area contributed by atoms with E-state index in [4.69, 9.17) is 5.11 Å². The zero-order valence-corrected chi connectivity index (χ0v) is 12.0. The van der Waals surface area contributed by atoms with Gasteiger partial charge in [0.05, 0.1) is 35.3 Å². The van der Waals surface area contributed by atoms with E-state index in [1.54, 1.807) is 0 Å². The standard InChI is InChI=1S/C16H15NO6/c18-12-8-5-9(13(12)19)11-10(8)14(20)17(15(11)21)7-3-1-2-6(4-7)16(22)23/h1-4,8-13,18-19H,5H2,(H,22,23)/t8-,9+,10-,11+,12-,13-/m0/s1. The Morgan fingerprint density at radius 2 is 1.61 bits per heavy atom. The number of hydrogen-bond donors (Lipinski definition) is 3. The first kappa shape index (κ1) is 14.3. The minimum atomic E-state index is -1.14. The second-order valence-electron chi connectivity index (χ2n) is 6.46. The van der Waals surface area contributed by atoms with Crippen molar-refractivity contribution in [1.29, 1.82) is 0 Å². The number of imide groups is 1. The summed E-state index contributed by atoms with van der Waals surface area (Å²) < 4.78 is 0. The summed E-state index contributed by atoms with van der Waals surface area (Å²) in [6, 6.07) is 5.66. The quantitative estimate of drug-likeness (QED) is 0.654. The lowest BCUT2D eigenvalue weighted by Crippen LogP contribution is -2.43. The monoisotopic (exact) mass is 317 g/mol. The van der Waals surface area contributed by atoms with E-state index in [-0.39, 0.29) is 11.3 Å². The Balaban J connectivity index is 1.73. The number of benzene rings is 1. The van der Waals surface area contributed by atoms with E-state index in [1.165, 1.54) is 24.3 Å². The number of carbonyl (C=O) groups is 3. The Labute approximate surface area is 131 Å². The van der Waals surface area contributed by atoms with Gasteiger partial charge in [0.2, 0.25) is 11.8 Å². The largest absolute Gasteiger partial charge is 0.478 e.